The Bertz CT molecular complexity index is 1110. The lowest BCUT2D eigenvalue weighted by Crippen LogP contribution is -2.48. The number of fused-ring (bicyclic) bond motifs is 1. The second kappa shape index (κ2) is 11.1. The van der Waals surface area contributed by atoms with Gasteiger partial charge in [-0.3, -0.25) is 9.59 Å². The minimum absolute atomic E-state index is 0.0445. The topological polar surface area (TPSA) is 49.9 Å². The molecular formula is C27H29ClN2O3S. The quantitative estimate of drug-likeness (QED) is 0.401. The highest BCUT2D eigenvalue weighted by atomic mass is 35.5. The maximum absolute atomic E-state index is 13.6. The second-order valence-electron chi connectivity index (χ2n) is 8.86. The van der Waals surface area contributed by atoms with Crippen molar-refractivity contribution in [1.29, 1.82) is 0 Å². The van der Waals surface area contributed by atoms with Crippen LogP contribution in [0.1, 0.15) is 40.7 Å². The molecule has 5 nitrogen and oxygen atoms in total. The molecule has 0 bridgehead atoms. The van der Waals surface area contributed by atoms with E-state index in [4.69, 9.17) is 16.3 Å². The standard InChI is InChI=1S/C27H29ClN2O3S/c1-19(2)16-29(27(32)20-6-4-3-5-7-20)17-26(31)30-14-12-25-23(13-15-34-25)24(30)18-33-22-10-8-21(28)9-11-22/h3-11,13,15,19,24H,12,14,16-18H2,1-2H3. The fraction of sp³-hybridized carbons (Fsp3) is 0.333. The third-order valence-electron chi connectivity index (χ3n) is 5.86. The van der Waals surface area contributed by atoms with Gasteiger partial charge in [-0.15, -0.1) is 11.3 Å². The van der Waals surface area contributed by atoms with Crippen LogP contribution in [0, 0.1) is 5.92 Å². The van der Waals surface area contributed by atoms with Crippen LogP contribution in [0.4, 0.5) is 0 Å². The largest absolute Gasteiger partial charge is 0.491 e. The van der Waals surface area contributed by atoms with Crippen molar-refractivity contribution in [3.8, 4) is 5.75 Å². The van der Waals surface area contributed by atoms with Crippen molar-refractivity contribution in [3.05, 3.63) is 87.1 Å². The van der Waals surface area contributed by atoms with Crippen LogP contribution in [-0.4, -0.2) is 47.9 Å². The molecule has 0 N–H and O–H groups in total. The average Bonchev–Trinajstić information content (AvgIpc) is 3.32. The van der Waals surface area contributed by atoms with Crippen molar-refractivity contribution in [3.63, 3.8) is 0 Å². The summed E-state index contributed by atoms with van der Waals surface area (Å²) in [5.74, 6) is 0.769. The summed E-state index contributed by atoms with van der Waals surface area (Å²) in [5.41, 5.74) is 1.72. The van der Waals surface area contributed by atoms with Crippen LogP contribution >= 0.6 is 22.9 Å². The lowest BCUT2D eigenvalue weighted by Gasteiger charge is -2.37. The van der Waals surface area contributed by atoms with E-state index in [-0.39, 0.29) is 30.3 Å². The summed E-state index contributed by atoms with van der Waals surface area (Å²) in [6, 6.07) is 18.3. The van der Waals surface area contributed by atoms with Crippen molar-refractivity contribution in [2.45, 2.75) is 26.3 Å². The Kier molecular flexibility index (Phi) is 7.91. The molecule has 2 amide bonds. The number of carbonyl (C=O) groups excluding carboxylic acids is 2. The van der Waals surface area contributed by atoms with Gasteiger partial charge in [-0.25, -0.2) is 0 Å². The number of amides is 2. The van der Waals surface area contributed by atoms with Crippen LogP contribution in [-0.2, 0) is 11.2 Å². The number of hydrogen-bond acceptors (Lipinski definition) is 4. The zero-order valence-corrected chi connectivity index (χ0v) is 21.0. The summed E-state index contributed by atoms with van der Waals surface area (Å²) in [6.45, 7) is 5.61. The van der Waals surface area contributed by atoms with Gasteiger partial charge in [0.1, 0.15) is 18.9 Å². The molecule has 0 saturated carbocycles. The Hall–Kier alpha value is -2.83. The minimum Gasteiger partial charge on any atom is -0.491 e. The number of hydrogen-bond donors (Lipinski definition) is 0. The predicted molar refractivity (Wildman–Crippen MR) is 137 cm³/mol. The molecule has 1 aliphatic heterocycles. The normalized spacial score (nSPS) is 15.2. The minimum atomic E-state index is -0.203. The van der Waals surface area contributed by atoms with Crippen molar-refractivity contribution < 1.29 is 14.3 Å². The maximum atomic E-state index is 13.6. The molecule has 0 spiro atoms. The molecule has 1 aliphatic rings. The van der Waals surface area contributed by atoms with Crippen molar-refractivity contribution in [1.82, 2.24) is 9.80 Å². The van der Waals surface area contributed by atoms with Gasteiger partial charge in [0.25, 0.3) is 5.91 Å². The first kappa shape index (κ1) is 24.3. The monoisotopic (exact) mass is 496 g/mol. The lowest BCUT2D eigenvalue weighted by molar-refractivity contribution is -0.135. The number of thiophene rings is 1. The zero-order chi connectivity index (χ0) is 24.1. The van der Waals surface area contributed by atoms with E-state index in [1.54, 1.807) is 40.5 Å². The van der Waals surface area contributed by atoms with Gasteiger partial charge in [-0.2, -0.15) is 0 Å². The Labute approximate surface area is 209 Å². The highest BCUT2D eigenvalue weighted by molar-refractivity contribution is 7.10. The summed E-state index contributed by atoms with van der Waals surface area (Å²) in [6.07, 6.45) is 0.812. The Balaban J connectivity index is 1.52. The van der Waals surface area contributed by atoms with Gasteiger partial charge in [0, 0.05) is 28.6 Å². The van der Waals surface area contributed by atoms with Crippen LogP contribution in [0.5, 0.6) is 5.75 Å². The third-order valence-corrected chi connectivity index (χ3v) is 7.10. The van der Waals surface area contributed by atoms with Crippen molar-refractivity contribution in [2.24, 2.45) is 5.92 Å². The van der Waals surface area contributed by atoms with E-state index in [0.29, 0.717) is 36.0 Å². The molecule has 0 saturated heterocycles. The smallest absolute Gasteiger partial charge is 0.254 e. The highest BCUT2D eigenvalue weighted by Crippen LogP contribution is 2.34. The van der Waals surface area contributed by atoms with Gasteiger partial charge in [0.05, 0.1) is 6.04 Å². The SMILES string of the molecule is CC(C)CN(CC(=O)N1CCc2sccc2C1COc1ccc(Cl)cc1)C(=O)c1ccccc1. The van der Waals surface area contributed by atoms with E-state index in [1.807, 2.05) is 35.2 Å². The fourth-order valence-electron chi connectivity index (χ4n) is 4.26. The van der Waals surface area contributed by atoms with E-state index < -0.39 is 0 Å². The van der Waals surface area contributed by atoms with E-state index in [0.717, 1.165) is 12.0 Å². The molecule has 2 heterocycles. The van der Waals surface area contributed by atoms with Gasteiger partial charge < -0.3 is 14.5 Å². The van der Waals surface area contributed by atoms with Crippen LogP contribution in [0.25, 0.3) is 0 Å². The summed E-state index contributed by atoms with van der Waals surface area (Å²) in [7, 11) is 0. The van der Waals surface area contributed by atoms with Gasteiger partial charge in [0.15, 0.2) is 0 Å². The average molecular weight is 497 g/mol. The van der Waals surface area contributed by atoms with Crippen LogP contribution < -0.4 is 4.74 Å². The molecule has 1 unspecified atom stereocenters. The zero-order valence-electron chi connectivity index (χ0n) is 19.4. The van der Waals surface area contributed by atoms with E-state index in [2.05, 4.69) is 25.3 Å². The molecule has 7 heteroatoms. The molecule has 4 rings (SSSR count). The van der Waals surface area contributed by atoms with Crippen molar-refractivity contribution >= 4 is 34.8 Å². The number of benzene rings is 2. The third kappa shape index (κ3) is 5.80. The molecule has 0 radical (unpaired) electrons. The number of halogens is 1. The molecule has 3 aromatic rings. The van der Waals surface area contributed by atoms with E-state index >= 15 is 0 Å². The van der Waals surface area contributed by atoms with E-state index in [9.17, 15) is 9.59 Å². The van der Waals surface area contributed by atoms with E-state index in [1.165, 1.54) is 4.88 Å². The molecular weight excluding hydrogens is 468 g/mol. The summed E-state index contributed by atoms with van der Waals surface area (Å²) in [5, 5.41) is 2.72. The first-order chi connectivity index (χ1) is 16.4. The first-order valence-electron chi connectivity index (χ1n) is 11.5. The number of nitrogens with zero attached hydrogens (tertiary/aromatic N) is 2. The second-order valence-corrected chi connectivity index (χ2v) is 10.3. The molecule has 34 heavy (non-hydrogen) atoms. The van der Waals surface area contributed by atoms with Gasteiger partial charge >= 0.3 is 0 Å². The molecule has 2 aromatic carbocycles. The fourth-order valence-corrected chi connectivity index (χ4v) is 5.31. The summed E-state index contributed by atoms with van der Waals surface area (Å²) >= 11 is 7.71. The highest BCUT2D eigenvalue weighted by Gasteiger charge is 2.33. The van der Waals surface area contributed by atoms with Crippen LogP contribution in [0.3, 0.4) is 0 Å². The summed E-state index contributed by atoms with van der Waals surface area (Å²) < 4.78 is 6.07. The number of ether oxygens (including phenoxy) is 1. The van der Waals surface area contributed by atoms with Gasteiger partial charge in [-0.1, -0.05) is 43.6 Å². The first-order valence-corrected chi connectivity index (χ1v) is 12.8. The summed E-state index contributed by atoms with van der Waals surface area (Å²) in [4.78, 5) is 31.6. The van der Waals surface area contributed by atoms with Gasteiger partial charge in [-0.05, 0) is 65.7 Å². The molecule has 1 aromatic heterocycles. The Morgan fingerprint density at radius 2 is 1.85 bits per heavy atom. The Morgan fingerprint density at radius 1 is 1.12 bits per heavy atom. The molecule has 1 atom stereocenters. The van der Waals surface area contributed by atoms with Gasteiger partial charge in [0.2, 0.25) is 5.91 Å². The maximum Gasteiger partial charge on any atom is 0.254 e. The van der Waals surface area contributed by atoms with Crippen LogP contribution in [0.2, 0.25) is 5.02 Å². The van der Waals surface area contributed by atoms with Crippen molar-refractivity contribution in [2.75, 3.05) is 26.2 Å². The molecule has 178 valence electrons. The number of carbonyl (C=O) groups is 2. The lowest BCUT2D eigenvalue weighted by atomic mass is 10.00. The predicted octanol–water partition coefficient (Wildman–Crippen LogP) is 5.70. The molecule has 0 fully saturated rings. The molecule has 0 aliphatic carbocycles. The van der Waals surface area contributed by atoms with Crippen LogP contribution in [0.15, 0.2) is 66.0 Å². The number of rotatable bonds is 8. The Morgan fingerprint density at radius 3 is 2.56 bits per heavy atom.